The fourth-order valence-corrected chi connectivity index (χ4v) is 3.65. The first-order chi connectivity index (χ1) is 9.80. The lowest BCUT2D eigenvalue weighted by atomic mass is 9.85. The zero-order valence-electron chi connectivity index (χ0n) is 12.2. The molecule has 1 atom stereocenters. The SMILES string of the molecule is CNC(c1cccc2cccnc12)C1(OC)CCCC1. The van der Waals surface area contributed by atoms with Crippen LogP contribution in [0.4, 0.5) is 0 Å². The molecule has 1 aliphatic carbocycles. The van der Waals surface area contributed by atoms with Crippen LogP contribution in [0.2, 0.25) is 0 Å². The van der Waals surface area contributed by atoms with Gasteiger partial charge in [0.15, 0.2) is 0 Å². The predicted molar refractivity (Wildman–Crippen MR) is 81.8 cm³/mol. The lowest BCUT2D eigenvalue weighted by molar-refractivity contribution is -0.0345. The van der Waals surface area contributed by atoms with Crippen molar-refractivity contribution in [1.29, 1.82) is 0 Å². The van der Waals surface area contributed by atoms with Crippen LogP contribution in [0.3, 0.4) is 0 Å². The summed E-state index contributed by atoms with van der Waals surface area (Å²) in [5, 5.41) is 4.67. The molecule has 1 heterocycles. The van der Waals surface area contributed by atoms with Gasteiger partial charge in [-0.05, 0) is 31.5 Å². The molecule has 1 unspecified atom stereocenters. The number of ether oxygens (including phenoxy) is 1. The lowest BCUT2D eigenvalue weighted by Gasteiger charge is -2.36. The van der Waals surface area contributed by atoms with Crippen LogP contribution in [-0.4, -0.2) is 24.7 Å². The van der Waals surface area contributed by atoms with Crippen molar-refractivity contribution in [2.75, 3.05) is 14.2 Å². The Bertz CT molecular complexity index is 585. The van der Waals surface area contributed by atoms with Gasteiger partial charge in [0.1, 0.15) is 0 Å². The van der Waals surface area contributed by atoms with Crippen molar-refractivity contribution in [3.05, 3.63) is 42.1 Å². The first-order valence-electron chi connectivity index (χ1n) is 7.37. The fourth-order valence-electron chi connectivity index (χ4n) is 3.65. The second-order valence-corrected chi connectivity index (χ2v) is 5.62. The third-order valence-electron chi connectivity index (χ3n) is 4.65. The predicted octanol–water partition coefficient (Wildman–Crippen LogP) is 3.45. The number of para-hydroxylation sites is 1. The maximum Gasteiger partial charge on any atom is 0.0873 e. The molecule has 1 fully saturated rings. The van der Waals surface area contributed by atoms with Crippen molar-refractivity contribution >= 4 is 10.9 Å². The standard InChI is InChI=1S/C17H22N2O/c1-18-16(17(20-2)10-3-4-11-17)14-9-5-7-13-8-6-12-19-15(13)14/h5-9,12,16,18H,3-4,10-11H2,1-2H3. The molecule has 1 N–H and O–H groups in total. The molecule has 0 spiro atoms. The molecular weight excluding hydrogens is 248 g/mol. The van der Waals surface area contributed by atoms with E-state index in [4.69, 9.17) is 4.74 Å². The van der Waals surface area contributed by atoms with E-state index < -0.39 is 0 Å². The summed E-state index contributed by atoms with van der Waals surface area (Å²) in [4.78, 5) is 4.59. The number of likely N-dealkylation sites (N-methyl/N-ethyl adjacent to an activating group) is 1. The molecule has 1 aromatic heterocycles. The van der Waals surface area contributed by atoms with Gasteiger partial charge >= 0.3 is 0 Å². The van der Waals surface area contributed by atoms with Gasteiger partial charge < -0.3 is 10.1 Å². The second kappa shape index (κ2) is 5.51. The number of methoxy groups -OCH3 is 1. The van der Waals surface area contributed by atoms with E-state index >= 15 is 0 Å². The largest absolute Gasteiger partial charge is 0.376 e. The monoisotopic (exact) mass is 270 g/mol. The number of nitrogens with zero attached hydrogens (tertiary/aromatic N) is 1. The van der Waals surface area contributed by atoms with Gasteiger partial charge in [0, 0.05) is 18.7 Å². The van der Waals surface area contributed by atoms with Gasteiger partial charge in [0.05, 0.1) is 17.2 Å². The summed E-state index contributed by atoms with van der Waals surface area (Å²) in [7, 11) is 3.86. The average molecular weight is 270 g/mol. The Morgan fingerprint density at radius 3 is 2.65 bits per heavy atom. The van der Waals surface area contributed by atoms with E-state index in [0.29, 0.717) is 0 Å². The molecule has 106 valence electrons. The highest BCUT2D eigenvalue weighted by Crippen LogP contribution is 2.43. The Hall–Kier alpha value is -1.45. The van der Waals surface area contributed by atoms with Crippen molar-refractivity contribution < 1.29 is 4.74 Å². The van der Waals surface area contributed by atoms with Gasteiger partial charge in [-0.25, -0.2) is 0 Å². The number of fused-ring (bicyclic) bond motifs is 1. The number of hydrogen-bond acceptors (Lipinski definition) is 3. The Labute approximate surface area is 120 Å². The van der Waals surface area contributed by atoms with E-state index in [-0.39, 0.29) is 11.6 Å². The van der Waals surface area contributed by atoms with Crippen LogP contribution in [0, 0.1) is 0 Å². The van der Waals surface area contributed by atoms with Crippen molar-refractivity contribution in [2.24, 2.45) is 0 Å². The third-order valence-corrected chi connectivity index (χ3v) is 4.65. The van der Waals surface area contributed by atoms with Crippen LogP contribution in [0.5, 0.6) is 0 Å². The van der Waals surface area contributed by atoms with Gasteiger partial charge in [0.25, 0.3) is 0 Å². The third kappa shape index (κ3) is 2.11. The molecule has 2 aromatic rings. The van der Waals surface area contributed by atoms with Crippen LogP contribution in [0.1, 0.15) is 37.3 Å². The van der Waals surface area contributed by atoms with Gasteiger partial charge in [0.2, 0.25) is 0 Å². The number of rotatable bonds is 4. The van der Waals surface area contributed by atoms with Crippen LogP contribution in [0.25, 0.3) is 10.9 Å². The normalized spacial score (nSPS) is 19.3. The minimum absolute atomic E-state index is 0.0967. The number of hydrogen-bond donors (Lipinski definition) is 1. The molecule has 3 nitrogen and oxygen atoms in total. The van der Waals surface area contributed by atoms with Crippen LogP contribution >= 0.6 is 0 Å². The average Bonchev–Trinajstić information content (AvgIpc) is 2.98. The highest BCUT2D eigenvalue weighted by molar-refractivity contribution is 5.82. The highest BCUT2D eigenvalue weighted by Gasteiger charge is 2.42. The molecule has 0 saturated heterocycles. The van der Waals surface area contributed by atoms with Crippen molar-refractivity contribution in [1.82, 2.24) is 10.3 Å². The first kappa shape index (κ1) is 13.5. The first-order valence-corrected chi connectivity index (χ1v) is 7.37. The molecular formula is C17H22N2O. The van der Waals surface area contributed by atoms with Crippen molar-refractivity contribution in [3.8, 4) is 0 Å². The summed E-state index contributed by atoms with van der Waals surface area (Å²) in [6.45, 7) is 0. The quantitative estimate of drug-likeness (QED) is 0.924. The number of aromatic nitrogens is 1. The topological polar surface area (TPSA) is 34.2 Å². The second-order valence-electron chi connectivity index (χ2n) is 5.62. The van der Waals surface area contributed by atoms with E-state index in [0.717, 1.165) is 18.4 Å². The summed E-state index contributed by atoms with van der Waals surface area (Å²) >= 11 is 0. The maximum atomic E-state index is 5.96. The molecule has 1 aromatic carbocycles. The summed E-state index contributed by atoms with van der Waals surface area (Å²) < 4.78 is 5.96. The van der Waals surface area contributed by atoms with E-state index in [1.807, 2.05) is 26.4 Å². The summed E-state index contributed by atoms with van der Waals surface area (Å²) in [6, 6.07) is 10.7. The van der Waals surface area contributed by atoms with E-state index in [1.165, 1.54) is 23.8 Å². The zero-order chi connectivity index (χ0) is 14.0. The summed E-state index contributed by atoms with van der Waals surface area (Å²) in [5.74, 6) is 0. The molecule has 20 heavy (non-hydrogen) atoms. The summed E-state index contributed by atoms with van der Waals surface area (Å²) in [6.07, 6.45) is 6.57. The lowest BCUT2D eigenvalue weighted by Crippen LogP contribution is -2.42. The summed E-state index contributed by atoms with van der Waals surface area (Å²) in [5.41, 5.74) is 2.23. The van der Waals surface area contributed by atoms with Gasteiger partial charge in [-0.1, -0.05) is 37.1 Å². The van der Waals surface area contributed by atoms with E-state index in [9.17, 15) is 0 Å². The number of pyridine rings is 1. The Morgan fingerprint density at radius 1 is 1.20 bits per heavy atom. The maximum absolute atomic E-state index is 5.96. The minimum Gasteiger partial charge on any atom is -0.376 e. The molecule has 0 bridgehead atoms. The fraction of sp³-hybridized carbons (Fsp3) is 0.471. The van der Waals surface area contributed by atoms with Crippen LogP contribution in [-0.2, 0) is 4.74 Å². The van der Waals surface area contributed by atoms with Crippen LogP contribution < -0.4 is 5.32 Å². The highest BCUT2D eigenvalue weighted by atomic mass is 16.5. The van der Waals surface area contributed by atoms with Crippen molar-refractivity contribution in [2.45, 2.75) is 37.3 Å². The van der Waals surface area contributed by atoms with Crippen LogP contribution in [0.15, 0.2) is 36.5 Å². The molecule has 3 heteroatoms. The number of benzene rings is 1. The van der Waals surface area contributed by atoms with E-state index in [2.05, 4.69) is 34.6 Å². The van der Waals surface area contributed by atoms with Gasteiger partial charge in [-0.15, -0.1) is 0 Å². The Morgan fingerprint density at radius 2 is 1.95 bits per heavy atom. The zero-order valence-corrected chi connectivity index (χ0v) is 12.2. The van der Waals surface area contributed by atoms with Crippen molar-refractivity contribution in [3.63, 3.8) is 0 Å². The molecule has 3 rings (SSSR count). The van der Waals surface area contributed by atoms with Gasteiger partial charge in [-0.2, -0.15) is 0 Å². The van der Waals surface area contributed by atoms with Gasteiger partial charge in [-0.3, -0.25) is 4.98 Å². The molecule has 0 amide bonds. The Kier molecular flexibility index (Phi) is 3.72. The minimum atomic E-state index is -0.0967. The number of nitrogens with one attached hydrogen (secondary N) is 1. The molecule has 0 aliphatic heterocycles. The Balaban J connectivity index is 2.12. The molecule has 1 saturated carbocycles. The van der Waals surface area contributed by atoms with E-state index in [1.54, 1.807) is 0 Å². The smallest absolute Gasteiger partial charge is 0.0873 e. The molecule has 0 radical (unpaired) electrons. The molecule has 1 aliphatic rings.